The molecule has 0 saturated heterocycles. The molecule has 1 fully saturated rings. The first-order valence-corrected chi connectivity index (χ1v) is 6.57. The average molecular weight is 245 g/mol. The van der Waals surface area contributed by atoms with E-state index in [1.165, 1.54) is 19.3 Å². The molecule has 0 amide bonds. The molecule has 1 aromatic carbocycles. The molecule has 1 saturated carbocycles. The van der Waals surface area contributed by atoms with E-state index < -0.39 is 0 Å². The fourth-order valence-electron chi connectivity index (χ4n) is 2.75. The summed E-state index contributed by atoms with van der Waals surface area (Å²) in [4.78, 5) is 0. The summed E-state index contributed by atoms with van der Waals surface area (Å²) in [5, 5.41) is 11.8. The van der Waals surface area contributed by atoms with Gasteiger partial charge in [0.1, 0.15) is 0 Å². The number of ether oxygens (including phenoxy) is 1. The minimum absolute atomic E-state index is 0.409. The van der Waals surface area contributed by atoms with Crippen molar-refractivity contribution < 1.29 is 4.74 Å². The number of H-pyrrole nitrogens is 1. The van der Waals surface area contributed by atoms with Gasteiger partial charge < -0.3 is 10.1 Å². The summed E-state index contributed by atoms with van der Waals surface area (Å²) in [6, 6.07) is 6.86. The first-order chi connectivity index (χ1) is 8.85. The summed E-state index contributed by atoms with van der Waals surface area (Å²) in [5.41, 5.74) is 2.24. The minimum Gasteiger partial charge on any atom is -0.382 e. The van der Waals surface area contributed by atoms with Crippen molar-refractivity contribution in [1.82, 2.24) is 10.2 Å². The van der Waals surface area contributed by atoms with Crippen molar-refractivity contribution in [2.45, 2.75) is 37.8 Å². The molecule has 2 aromatic rings. The monoisotopic (exact) mass is 245 g/mol. The van der Waals surface area contributed by atoms with Crippen molar-refractivity contribution in [3.8, 4) is 0 Å². The van der Waals surface area contributed by atoms with Crippen molar-refractivity contribution in [2.24, 2.45) is 0 Å². The second-order valence-electron chi connectivity index (χ2n) is 5.04. The number of nitrogens with one attached hydrogen (secondary N) is 2. The lowest BCUT2D eigenvalue weighted by atomic mass is 9.92. The van der Waals surface area contributed by atoms with E-state index in [-0.39, 0.29) is 0 Å². The molecule has 1 aliphatic rings. The highest BCUT2D eigenvalue weighted by molar-refractivity contribution is 5.81. The molecule has 4 nitrogen and oxygen atoms in total. The summed E-state index contributed by atoms with van der Waals surface area (Å²) in [7, 11) is 1.81. The van der Waals surface area contributed by atoms with Gasteiger partial charge in [-0.25, -0.2) is 0 Å². The molecule has 0 aliphatic heterocycles. The van der Waals surface area contributed by atoms with Crippen molar-refractivity contribution >= 4 is 16.6 Å². The fraction of sp³-hybridized carbons (Fsp3) is 0.500. The van der Waals surface area contributed by atoms with Gasteiger partial charge in [-0.3, -0.25) is 5.10 Å². The molecule has 1 aromatic heterocycles. The zero-order chi connectivity index (χ0) is 12.4. The number of hydrogen-bond acceptors (Lipinski definition) is 3. The highest BCUT2D eigenvalue weighted by Gasteiger charge is 2.21. The van der Waals surface area contributed by atoms with Crippen molar-refractivity contribution in [3.63, 3.8) is 0 Å². The number of aromatic nitrogens is 2. The summed E-state index contributed by atoms with van der Waals surface area (Å²) in [6.07, 6.45) is 7.00. The van der Waals surface area contributed by atoms with Crippen LogP contribution in [0.4, 0.5) is 5.69 Å². The summed E-state index contributed by atoms with van der Waals surface area (Å²) >= 11 is 0. The Kier molecular flexibility index (Phi) is 3.19. The van der Waals surface area contributed by atoms with E-state index in [4.69, 9.17) is 4.74 Å². The molecule has 1 aliphatic carbocycles. The molecule has 2 N–H and O–H groups in total. The van der Waals surface area contributed by atoms with Crippen LogP contribution in [-0.4, -0.2) is 29.5 Å². The topological polar surface area (TPSA) is 49.9 Å². The van der Waals surface area contributed by atoms with Gasteiger partial charge in [-0.2, -0.15) is 5.10 Å². The fourth-order valence-corrected chi connectivity index (χ4v) is 2.75. The van der Waals surface area contributed by atoms with Crippen LogP contribution >= 0.6 is 0 Å². The van der Waals surface area contributed by atoms with Crippen LogP contribution in [0.1, 0.15) is 25.7 Å². The highest BCUT2D eigenvalue weighted by Crippen LogP contribution is 2.25. The maximum Gasteiger partial charge on any atom is 0.0670 e. The molecule has 3 rings (SSSR count). The molecule has 4 heteroatoms. The van der Waals surface area contributed by atoms with Crippen molar-refractivity contribution in [2.75, 3.05) is 12.4 Å². The van der Waals surface area contributed by atoms with Crippen molar-refractivity contribution in [3.05, 3.63) is 24.4 Å². The summed E-state index contributed by atoms with van der Waals surface area (Å²) in [5.74, 6) is 0. The molecule has 2 atom stereocenters. The first kappa shape index (κ1) is 11.5. The molecule has 1 heterocycles. The molecular formula is C14H19N3O. The molecule has 0 bridgehead atoms. The van der Waals surface area contributed by atoms with Gasteiger partial charge in [0, 0.05) is 24.2 Å². The van der Waals surface area contributed by atoms with Gasteiger partial charge in [0.05, 0.1) is 17.8 Å². The van der Waals surface area contributed by atoms with Crippen molar-refractivity contribution in [1.29, 1.82) is 0 Å². The standard InChI is InChI=1S/C14H19N3O/c1-18-13-4-2-3-11(7-13)16-12-6-5-10-9-15-17-14(10)8-12/h5-6,8-9,11,13,16H,2-4,7H2,1H3,(H,15,17). The van der Waals surface area contributed by atoms with E-state index in [9.17, 15) is 0 Å². The Morgan fingerprint density at radius 1 is 1.39 bits per heavy atom. The van der Waals surface area contributed by atoms with Crippen LogP contribution in [0.15, 0.2) is 24.4 Å². The van der Waals surface area contributed by atoms with E-state index in [0.29, 0.717) is 12.1 Å². The number of aromatic amines is 1. The average Bonchev–Trinajstić information content (AvgIpc) is 2.86. The lowest BCUT2D eigenvalue weighted by Gasteiger charge is -2.29. The van der Waals surface area contributed by atoms with Gasteiger partial charge in [-0.15, -0.1) is 0 Å². The van der Waals surface area contributed by atoms with Gasteiger partial charge in [-0.05, 0) is 43.9 Å². The van der Waals surface area contributed by atoms with Crippen LogP contribution in [0, 0.1) is 0 Å². The van der Waals surface area contributed by atoms with E-state index in [2.05, 4.69) is 33.7 Å². The van der Waals surface area contributed by atoms with Gasteiger partial charge in [0.2, 0.25) is 0 Å². The molecular weight excluding hydrogens is 226 g/mol. The van der Waals surface area contributed by atoms with E-state index >= 15 is 0 Å². The number of nitrogens with zero attached hydrogens (tertiary/aromatic N) is 1. The molecule has 18 heavy (non-hydrogen) atoms. The second-order valence-corrected chi connectivity index (χ2v) is 5.04. The minimum atomic E-state index is 0.409. The third-order valence-corrected chi connectivity index (χ3v) is 3.77. The Bertz CT molecular complexity index is 522. The number of methoxy groups -OCH3 is 1. The molecule has 0 spiro atoms. The predicted molar refractivity (Wildman–Crippen MR) is 72.8 cm³/mol. The predicted octanol–water partition coefficient (Wildman–Crippen LogP) is 2.93. The van der Waals surface area contributed by atoms with Crippen LogP contribution in [0.2, 0.25) is 0 Å². The third-order valence-electron chi connectivity index (χ3n) is 3.77. The van der Waals surface area contributed by atoms with E-state index in [1.54, 1.807) is 0 Å². The number of fused-ring (bicyclic) bond motifs is 1. The Hall–Kier alpha value is -1.55. The molecule has 2 unspecified atom stereocenters. The zero-order valence-electron chi connectivity index (χ0n) is 10.6. The summed E-state index contributed by atoms with van der Waals surface area (Å²) < 4.78 is 5.46. The van der Waals surface area contributed by atoms with Crippen LogP contribution in [0.3, 0.4) is 0 Å². The Morgan fingerprint density at radius 3 is 3.22 bits per heavy atom. The lowest BCUT2D eigenvalue weighted by Crippen LogP contribution is -2.30. The molecule has 96 valence electrons. The van der Waals surface area contributed by atoms with E-state index in [0.717, 1.165) is 23.0 Å². The van der Waals surface area contributed by atoms with E-state index in [1.807, 2.05) is 13.3 Å². The smallest absolute Gasteiger partial charge is 0.0670 e. The summed E-state index contributed by atoms with van der Waals surface area (Å²) in [6.45, 7) is 0. The second kappa shape index (κ2) is 4.98. The Labute approximate surface area is 107 Å². The van der Waals surface area contributed by atoms with Gasteiger partial charge in [0.25, 0.3) is 0 Å². The molecule has 0 radical (unpaired) electrons. The number of rotatable bonds is 3. The van der Waals surface area contributed by atoms with Gasteiger partial charge in [0.15, 0.2) is 0 Å². The first-order valence-electron chi connectivity index (χ1n) is 6.57. The number of anilines is 1. The Balaban J connectivity index is 1.71. The van der Waals surface area contributed by atoms with Crippen LogP contribution < -0.4 is 5.32 Å². The van der Waals surface area contributed by atoms with Gasteiger partial charge >= 0.3 is 0 Å². The van der Waals surface area contributed by atoms with Crippen LogP contribution in [0.5, 0.6) is 0 Å². The van der Waals surface area contributed by atoms with Crippen LogP contribution in [-0.2, 0) is 4.74 Å². The maximum absolute atomic E-state index is 5.46. The maximum atomic E-state index is 5.46. The third kappa shape index (κ3) is 2.34. The largest absolute Gasteiger partial charge is 0.382 e. The van der Waals surface area contributed by atoms with Crippen LogP contribution in [0.25, 0.3) is 10.9 Å². The quantitative estimate of drug-likeness (QED) is 0.874. The zero-order valence-corrected chi connectivity index (χ0v) is 10.6. The highest BCUT2D eigenvalue weighted by atomic mass is 16.5. The SMILES string of the molecule is COC1CCCC(Nc2ccc3cn[nH]c3c2)C1. The lowest BCUT2D eigenvalue weighted by molar-refractivity contribution is 0.0669. The normalized spacial score (nSPS) is 24.3. The van der Waals surface area contributed by atoms with Gasteiger partial charge in [-0.1, -0.05) is 0 Å². The number of benzene rings is 1. The Morgan fingerprint density at radius 2 is 2.33 bits per heavy atom. The number of hydrogen-bond donors (Lipinski definition) is 2.